The fourth-order valence-corrected chi connectivity index (χ4v) is 4.59. The van der Waals surface area contributed by atoms with E-state index in [0.717, 1.165) is 18.0 Å². The number of anilines is 1. The van der Waals surface area contributed by atoms with Gasteiger partial charge in [0.1, 0.15) is 0 Å². The van der Waals surface area contributed by atoms with Crippen LogP contribution in [0.4, 0.5) is 18.3 Å². The summed E-state index contributed by atoms with van der Waals surface area (Å²) in [5.41, 5.74) is 0. The van der Waals surface area contributed by atoms with Crippen LogP contribution in [0.3, 0.4) is 0 Å². The van der Waals surface area contributed by atoms with Crippen LogP contribution < -0.4 is 5.32 Å². The van der Waals surface area contributed by atoms with E-state index in [1.165, 1.54) is 30.6 Å². The molecule has 0 bridgehead atoms. The standard InChI is InChI=1S/C15H23F3N4S2/c16-15(17,18)11-5-4-8-21(9-11)10-22-14(23)24-13(20-22)19-12-6-2-1-3-7-12/h11-12H,1-10H2,(H,19,20)/t11-/m1/s1. The number of likely N-dealkylation sites (tertiary alicyclic amines) is 1. The molecule has 0 radical (unpaired) electrons. The number of alkyl halides is 3. The molecule has 0 amide bonds. The Hall–Kier alpha value is -0.670. The molecule has 1 aromatic heterocycles. The largest absolute Gasteiger partial charge is 0.393 e. The number of aromatic nitrogens is 2. The lowest BCUT2D eigenvalue weighted by molar-refractivity contribution is -0.188. The van der Waals surface area contributed by atoms with Gasteiger partial charge in [-0.15, -0.1) is 5.10 Å². The van der Waals surface area contributed by atoms with Gasteiger partial charge in [0, 0.05) is 12.6 Å². The van der Waals surface area contributed by atoms with Crippen molar-refractivity contribution in [2.75, 3.05) is 18.4 Å². The molecule has 1 aromatic rings. The fourth-order valence-electron chi connectivity index (χ4n) is 3.52. The molecule has 0 spiro atoms. The number of hydrogen-bond donors (Lipinski definition) is 1. The maximum Gasteiger partial charge on any atom is 0.393 e. The van der Waals surface area contributed by atoms with Gasteiger partial charge >= 0.3 is 6.18 Å². The lowest BCUT2D eigenvalue weighted by Gasteiger charge is -2.33. The van der Waals surface area contributed by atoms with Crippen molar-refractivity contribution >= 4 is 28.7 Å². The summed E-state index contributed by atoms with van der Waals surface area (Å²) < 4.78 is 41.0. The molecular formula is C15H23F3N4S2. The van der Waals surface area contributed by atoms with E-state index in [0.29, 0.717) is 29.6 Å². The van der Waals surface area contributed by atoms with Crippen LogP contribution in [0, 0.1) is 9.87 Å². The highest BCUT2D eigenvalue weighted by Gasteiger charge is 2.41. The molecular weight excluding hydrogens is 357 g/mol. The summed E-state index contributed by atoms with van der Waals surface area (Å²) in [6, 6.07) is 0.442. The molecule has 1 saturated heterocycles. The first-order valence-electron chi connectivity index (χ1n) is 8.55. The van der Waals surface area contributed by atoms with Gasteiger partial charge in [0.2, 0.25) is 5.13 Å². The van der Waals surface area contributed by atoms with Gasteiger partial charge in [-0.2, -0.15) is 13.2 Å². The molecule has 1 atom stereocenters. The normalized spacial score (nSPS) is 24.2. The second-order valence-corrected chi connectivity index (χ2v) is 8.37. The summed E-state index contributed by atoms with van der Waals surface area (Å²) in [6.45, 7) is 1.04. The molecule has 2 fully saturated rings. The number of hydrogen-bond acceptors (Lipinski definition) is 5. The Bertz CT molecular complexity index is 592. The van der Waals surface area contributed by atoms with E-state index in [9.17, 15) is 13.2 Å². The van der Waals surface area contributed by atoms with Crippen LogP contribution in [-0.4, -0.2) is 40.0 Å². The first kappa shape index (κ1) is 18.1. The van der Waals surface area contributed by atoms with Gasteiger partial charge in [0.05, 0.1) is 12.6 Å². The van der Waals surface area contributed by atoms with Crippen molar-refractivity contribution in [3.05, 3.63) is 3.95 Å². The molecule has 1 N–H and O–H groups in total. The highest BCUT2D eigenvalue weighted by molar-refractivity contribution is 7.73. The van der Waals surface area contributed by atoms with Crippen LogP contribution in [0.5, 0.6) is 0 Å². The second-order valence-electron chi connectivity index (χ2n) is 6.75. The van der Waals surface area contributed by atoms with Crippen LogP contribution in [-0.2, 0) is 6.67 Å². The lowest BCUT2D eigenvalue weighted by atomic mass is 9.96. The average molecular weight is 381 g/mol. The molecule has 3 rings (SSSR count). The van der Waals surface area contributed by atoms with E-state index in [4.69, 9.17) is 12.2 Å². The zero-order valence-electron chi connectivity index (χ0n) is 13.5. The lowest BCUT2D eigenvalue weighted by Crippen LogP contribution is -2.42. The van der Waals surface area contributed by atoms with Gasteiger partial charge in [-0.1, -0.05) is 30.6 Å². The van der Waals surface area contributed by atoms with Crippen molar-refractivity contribution in [2.24, 2.45) is 5.92 Å². The number of nitrogens with one attached hydrogen (secondary N) is 1. The number of halogens is 3. The van der Waals surface area contributed by atoms with Crippen LogP contribution in [0.1, 0.15) is 44.9 Å². The van der Waals surface area contributed by atoms with Gasteiger partial charge in [-0.05, 0) is 44.4 Å². The van der Waals surface area contributed by atoms with E-state index in [-0.39, 0.29) is 13.0 Å². The minimum atomic E-state index is -4.12. The topological polar surface area (TPSA) is 33.1 Å². The monoisotopic (exact) mass is 380 g/mol. The van der Waals surface area contributed by atoms with Gasteiger partial charge in [0.25, 0.3) is 0 Å². The fraction of sp³-hybridized carbons (Fsp3) is 0.867. The van der Waals surface area contributed by atoms with E-state index < -0.39 is 12.1 Å². The van der Waals surface area contributed by atoms with Crippen molar-refractivity contribution in [1.82, 2.24) is 14.7 Å². The van der Waals surface area contributed by atoms with E-state index in [2.05, 4.69) is 10.4 Å². The van der Waals surface area contributed by atoms with Gasteiger partial charge in [-0.3, -0.25) is 4.90 Å². The summed E-state index contributed by atoms with van der Waals surface area (Å²) in [5.74, 6) is -1.24. The number of piperidine rings is 1. The maximum atomic E-state index is 12.9. The molecule has 0 unspecified atom stereocenters. The molecule has 2 aliphatic rings. The minimum absolute atomic E-state index is 0.0359. The molecule has 24 heavy (non-hydrogen) atoms. The van der Waals surface area contributed by atoms with Crippen molar-refractivity contribution in [3.8, 4) is 0 Å². The number of nitrogens with zero attached hydrogens (tertiary/aromatic N) is 3. The third kappa shape index (κ3) is 4.70. The van der Waals surface area contributed by atoms with Crippen LogP contribution >= 0.6 is 23.6 Å². The summed E-state index contributed by atoms with van der Waals surface area (Å²) in [7, 11) is 0. The van der Waals surface area contributed by atoms with Crippen LogP contribution in [0.25, 0.3) is 0 Å². The van der Waals surface area contributed by atoms with E-state index in [1.807, 2.05) is 4.90 Å². The van der Waals surface area contributed by atoms with Crippen LogP contribution in [0.2, 0.25) is 0 Å². The Kier molecular flexibility index (Phi) is 5.82. The molecule has 2 heterocycles. The molecule has 1 aliphatic heterocycles. The molecule has 0 aromatic carbocycles. The molecule has 136 valence electrons. The highest BCUT2D eigenvalue weighted by Crippen LogP contribution is 2.33. The summed E-state index contributed by atoms with van der Waals surface area (Å²) in [6.07, 6.45) is 2.71. The third-order valence-electron chi connectivity index (χ3n) is 4.84. The van der Waals surface area contributed by atoms with E-state index >= 15 is 0 Å². The van der Waals surface area contributed by atoms with Crippen LogP contribution in [0.15, 0.2) is 0 Å². The van der Waals surface area contributed by atoms with Gasteiger partial charge < -0.3 is 5.32 Å². The summed E-state index contributed by atoms with van der Waals surface area (Å²) in [4.78, 5) is 1.81. The second kappa shape index (κ2) is 7.70. The molecule has 1 aliphatic carbocycles. The molecule has 9 heteroatoms. The maximum absolute atomic E-state index is 12.9. The Morgan fingerprint density at radius 3 is 2.62 bits per heavy atom. The first-order valence-corrected chi connectivity index (χ1v) is 9.78. The quantitative estimate of drug-likeness (QED) is 0.771. The van der Waals surface area contributed by atoms with Crippen molar-refractivity contribution in [2.45, 2.75) is 63.8 Å². The summed E-state index contributed by atoms with van der Waals surface area (Å²) in [5, 5.41) is 8.70. The Labute approximate surface area is 149 Å². The zero-order chi connectivity index (χ0) is 17.2. The minimum Gasteiger partial charge on any atom is -0.357 e. The predicted molar refractivity (Wildman–Crippen MR) is 91.8 cm³/mol. The van der Waals surface area contributed by atoms with Gasteiger partial charge in [0.15, 0.2) is 3.95 Å². The molecule has 1 saturated carbocycles. The Morgan fingerprint density at radius 2 is 1.92 bits per heavy atom. The zero-order valence-corrected chi connectivity index (χ0v) is 15.2. The molecule has 4 nitrogen and oxygen atoms in total. The Balaban J connectivity index is 1.59. The smallest absolute Gasteiger partial charge is 0.357 e. The first-order chi connectivity index (χ1) is 11.4. The SMILES string of the molecule is FC(F)(F)[C@@H]1CCCN(Cn2nc(NC3CCCCC3)sc2=S)C1. The van der Waals surface area contributed by atoms with Crippen molar-refractivity contribution in [1.29, 1.82) is 0 Å². The highest BCUT2D eigenvalue weighted by atomic mass is 32.1. The van der Waals surface area contributed by atoms with Crippen molar-refractivity contribution in [3.63, 3.8) is 0 Å². The third-order valence-corrected chi connectivity index (χ3v) is 6.08. The Morgan fingerprint density at radius 1 is 1.17 bits per heavy atom. The summed E-state index contributed by atoms with van der Waals surface area (Å²) >= 11 is 6.75. The number of rotatable bonds is 4. The average Bonchev–Trinajstić information content (AvgIpc) is 2.87. The van der Waals surface area contributed by atoms with Gasteiger partial charge in [-0.25, -0.2) is 4.68 Å². The van der Waals surface area contributed by atoms with E-state index in [1.54, 1.807) is 4.68 Å². The van der Waals surface area contributed by atoms with Crippen molar-refractivity contribution < 1.29 is 13.2 Å². The predicted octanol–water partition coefficient (Wildman–Crippen LogP) is 4.65.